The molecule has 1 heterocycles. The summed E-state index contributed by atoms with van der Waals surface area (Å²) in [6.45, 7) is 2.90. The Kier molecular flexibility index (Phi) is 3.95. The number of carbonyl (C=O) groups is 1. The second-order valence-corrected chi connectivity index (χ2v) is 6.02. The van der Waals surface area contributed by atoms with E-state index < -0.39 is 0 Å². The third-order valence-corrected chi connectivity index (χ3v) is 4.71. The SMILES string of the molecule is CCC1CCCC(OC(=O)C2CNc3ccccc32)C1. The minimum absolute atomic E-state index is 0.0517. The van der Waals surface area contributed by atoms with Gasteiger partial charge >= 0.3 is 5.97 Å². The van der Waals surface area contributed by atoms with Crippen LogP contribution in [0.1, 0.15) is 50.5 Å². The summed E-state index contributed by atoms with van der Waals surface area (Å²) < 4.78 is 5.79. The van der Waals surface area contributed by atoms with Gasteiger partial charge in [-0.2, -0.15) is 0 Å². The monoisotopic (exact) mass is 273 g/mol. The van der Waals surface area contributed by atoms with Gasteiger partial charge in [-0.15, -0.1) is 0 Å². The van der Waals surface area contributed by atoms with E-state index in [0.29, 0.717) is 6.54 Å². The zero-order chi connectivity index (χ0) is 13.9. The first kappa shape index (κ1) is 13.5. The first-order valence-electron chi connectivity index (χ1n) is 7.81. The average Bonchev–Trinajstić information content (AvgIpc) is 2.91. The molecule has 1 aliphatic heterocycles. The predicted molar refractivity (Wildman–Crippen MR) is 79.8 cm³/mol. The summed E-state index contributed by atoms with van der Waals surface area (Å²) >= 11 is 0. The second kappa shape index (κ2) is 5.86. The highest BCUT2D eigenvalue weighted by Crippen LogP contribution is 2.34. The molecular weight excluding hydrogens is 250 g/mol. The Bertz CT molecular complexity index is 486. The number of benzene rings is 1. The minimum Gasteiger partial charge on any atom is -0.462 e. The summed E-state index contributed by atoms with van der Waals surface area (Å²) in [6.07, 6.45) is 5.89. The summed E-state index contributed by atoms with van der Waals surface area (Å²) in [4.78, 5) is 12.4. The van der Waals surface area contributed by atoms with Crippen molar-refractivity contribution in [3.05, 3.63) is 29.8 Å². The van der Waals surface area contributed by atoms with Gasteiger partial charge in [0.15, 0.2) is 0 Å². The second-order valence-electron chi connectivity index (χ2n) is 6.02. The maximum atomic E-state index is 12.4. The molecule has 0 aromatic heterocycles. The molecule has 3 heteroatoms. The number of para-hydroxylation sites is 1. The molecule has 1 N–H and O–H groups in total. The molecule has 1 saturated carbocycles. The van der Waals surface area contributed by atoms with Gasteiger partial charge < -0.3 is 10.1 Å². The Hall–Kier alpha value is -1.51. The number of esters is 1. The fraction of sp³-hybridized carbons (Fsp3) is 0.588. The van der Waals surface area contributed by atoms with Crippen LogP contribution in [0, 0.1) is 5.92 Å². The van der Waals surface area contributed by atoms with Crippen molar-refractivity contribution in [3.8, 4) is 0 Å². The summed E-state index contributed by atoms with van der Waals surface area (Å²) in [7, 11) is 0. The first-order valence-corrected chi connectivity index (χ1v) is 7.81. The highest BCUT2D eigenvalue weighted by atomic mass is 16.5. The zero-order valence-corrected chi connectivity index (χ0v) is 12.1. The van der Waals surface area contributed by atoms with E-state index in [2.05, 4.69) is 12.2 Å². The van der Waals surface area contributed by atoms with Gasteiger partial charge in [-0.25, -0.2) is 0 Å². The lowest BCUT2D eigenvalue weighted by Crippen LogP contribution is -2.28. The summed E-state index contributed by atoms with van der Waals surface area (Å²) in [5, 5.41) is 3.29. The van der Waals surface area contributed by atoms with E-state index >= 15 is 0 Å². The molecule has 1 aromatic carbocycles. The van der Waals surface area contributed by atoms with Gasteiger partial charge in [0.05, 0.1) is 0 Å². The van der Waals surface area contributed by atoms with Crippen molar-refractivity contribution < 1.29 is 9.53 Å². The number of carbonyl (C=O) groups excluding carboxylic acids is 1. The molecule has 0 spiro atoms. The molecule has 1 fully saturated rings. The van der Waals surface area contributed by atoms with Crippen molar-refractivity contribution in [3.63, 3.8) is 0 Å². The molecule has 3 unspecified atom stereocenters. The van der Waals surface area contributed by atoms with Crippen LogP contribution in [0.2, 0.25) is 0 Å². The third kappa shape index (κ3) is 2.67. The van der Waals surface area contributed by atoms with Gasteiger partial charge in [0.2, 0.25) is 0 Å². The van der Waals surface area contributed by atoms with Crippen molar-refractivity contribution in [2.75, 3.05) is 11.9 Å². The Morgan fingerprint density at radius 2 is 2.20 bits per heavy atom. The van der Waals surface area contributed by atoms with Crippen molar-refractivity contribution in [1.29, 1.82) is 0 Å². The lowest BCUT2D eigenvalue weighted by Gasteiger charge is -2.29. The van der Waals surface area contributed by atoms with Crippen LogP contribution in [0.3, 0.4) is 0 Å². The number of anilines is 1. The number of rotatable bonds is 3. The standard InChI is InChI=1S/C17H23NO2/c1-2-12-6-5-7-13(10-12)20-17(19)15-11-18-16-9-4-3-8-14(15)16/h3-4,8-9,12-13,15,18H,2,5-7,10-11H2,1H3. The van der Waals surface area contributed by atoms with Crippen LogP contribution in [0.15, 0.2) is 24.3 Å². The maximum absolute atomic E-state index is 12.4. The van der Waals surface area contributed by atoms with Crippen molar-refractivity contribution in [2.24, 2.45) is 5.92 Å². The van der Waals surface area contributed by atoms with E-state index in [1.54, 1.807) is 0 Å². The Balaban J connectivity index is 1.63. The van der Waals surface area contributed by atoms with Crippen LogP contribution in [-0.2, 0) is 9.53 Å². The van der Waals surface area contributed by atoms with Gasteiger partial charge in [-0.3, -0.25) is 4.79 Å². The smallest absolute Gasteiger partial charge is 0.315 e. The van der Waals surface area contributed by atoms with Gasteiger partial charge in [0.25, 0.3) is 0 Å². The molecule has 0 radical (unpaired) electrons. The Morgan fingerprint density at radius 1 is 1.35 bits per heavy atom. The Labute approximate surface area is 120 Å². The van der Waals surface area contributed by atoms with Crippen LogP contribution < -0.4 is 5.32 Å². The minimum atomic E-state index is -0.131. The van der Waals surface area contributed by atoms with E-state index in [-0.39, 0.29) is 18.0 Å². The summed E-state index contributed by atoms with van der Waals surface area (Å²) in [5.74, 6) is 0.549. The number of hydrogen-bond acceptors (Lipinski definition) is 3. The summed E-state index contributed by atoms with van der Waals surface area (Å²) in [6, 6.07) is 8.03. The normalized spacial score (nSPS) is 28.6. The largest absolute Gasteiger partial charge is 0.462 e. The van der Waals surface area contributed by atoms with Gasteiger partial charge in [0.1, 0.15) is 12.0 Å². The van der Waals surface area contributed by atoms with Gasteiger partial charge in [-0.1, -0.05) is 38.0 Å². The fourth-order valence-corrected chi connectivity index (χ4v) is 3.46. The Morgan fingerprint density at radius 3 is 3.05 bits per heavy atom. The van der Waals surface area contributed by atoms with E-state index in [1.807, 2.05) is 24.3 Å². The van der Waals surface area contributed by atoms with E-state index in [0.717, 1.165) is 30.0 Å². The zero-order valence-electron chi connectivity index (χ0n) is 12.1. The van der Waals surface area contributed by atoms with Crippen molar-refractivity contribution >= 4 is 11.7 Å². The van der Waals surface area contributed by atoms with Crippen LogP contribution in [0.25, 0.3) is 0 Å². The lowest BCUT2D eigenvalue weighted by molar-refractivity contribution is -0.152. The molecular formula is C17H23NO2. The van der Waals surface area contributed by atoms with Crippen molar-refractivity contribution in [2.45, 2.75) is 51.0 Å². The van der Waals surface area contributed by atoms with E-state index in [9.17, 15) is 4.79 Å². The predicted octanol–water partition coefficient (Wildman–Crippen LogP) is 3.71. The quantitative estimate of drug-likeness (QED) is 0.853. The van der Waals surface area contributed by atoms with E-state index in [1.165, 1.54) is 19.3 Å². The maximum Gasteiger partial charge on any atom is 0.315 e. The van der Waals surface area contributed by atoms with Gasteiger partial charge in [-0.05, 0) is 36.8 Å². The molecule has 3 rings (SSSR count). The lowest BCUT2D eigenvalue weighted by atomic mass is 9.85. The van der Waals surface area contributed by atoms with Crippen LogP contribution in [0.4, 0.5) is 5.69 Å². The number of nitrogens with one attached hydrogen (secondary N) is 1. The topological polar surface area (TPSA) is 38.3 Å². The third-order valence-electron chi connectivity index (χ3n) is 4.71. The van der Waals surface area contributed by atoms with Crippen LogP contribution >= 0.6 is 0 Å². The molecule has 2 aliphatic rings. The molecule has 3 nitrogen and oxygen atoms in total. The van der Waals surface area contributed by atoms with Crippen LogP contribution in [-0.4, -0.2) is 18.6 Å². The first-order chi connectivity index (χ1) is 9.78. The molecule has 108 valence electrons. The molecule has 1 aliphatic carbocycles. The van der Waals surface area contributed by atoms with Gasteiger partial charge in [0, 0.05) is 12.2 Å². The number of fused-ring (bicyclic) bond motifs is 1. The van der Waals surface area contributed by atoms with Crippen LogP contribution in [0.5, 0.6) is 0 Å². The number of hydrogen-bond donors (Lipinski definition) is 1. The molecule has 1 aromatic rings. The van der Waals surface area contributed by atoms with Crippen molar-refractivity contribution in [1.82, 2.24) is 0 Å². The fourth-order valence-electron chi connectivity index (χ4n) is 3.46. The summed E-state index contributed by atoms with van der Waals surface area (Å²) in [5.41, 5.74) is 2.16. The highest BCUT2D eigenvalue weighted by molar-refractivity contribution is 5.84. The van der Waals surface area contributed by atoms with E-state index in [4.69, 9.17) is 4.74 Å². The molecule has 20 heavy (non-hydrogen) atoms. The molecule has 0 bridgehead atoms. The molecule has 3 atom stereocenters. The molecule has 0 saturated heterocycles. The molecule has 0 amide bonds. The average molecular weight is 273 g/mol. The highest BCUT2D eigenvalue weighted by Gasteiger charge is 2.32. The number of ether oxygens (including phenoxy) is 1.